The zero-order chi connectivity index (χ0) is 13.2. The minimum atomic E-state index is -0.0242. The first-order valence-corrected chi connectivity index (χ1v) is 7.09. The molecule has 19 heavy (non-hydrogen) atoms. The number of piperidine rings is 1. The fraction of sp³-hybridized carbons (Fsp3) is 0.467. The van der Waals surface area contributed by atoms with E-state index in [1.165, 1.54) is 37.3 Å². The Hall–Kier alpha value is -1.68. The summed E-state index contributed by atoms with van der Waals surface area (Å²) in [7, 11) is 0. The number of H-pyrrole nitrogens is 1. The highest BCUT2D eigenvalue weighted by atomic mass is 16.1. The number of hydrogen-bond acceptors (Lipinski definition) is 2. The third-order valence-electron chi connectivity index (χ3n) is 4.15. The van der Waals surface area contributed by atoms with Crippen LogP contribution in [0.2, 0.25) is 0 Å². The van der Waals surface area contributed by atoms with Gasteiger partial charge in [0.2, 0.25) is 0 Å². The van der Waals surface area contributed by atoms with Crippen molar-refractivity contribution in [3.05, 3.63) is 40.4 Å². The van der Waals surface area contributed by atoms with Crippen molar-refractivity contribution in [2.75, 3.05) is 13.1 Å². The van der Waals surface area contributed by atoms with Gasteiger partial charge in [-0.3, -0.25) is 4.79 Å². The molecule has 0 unspecified atom stereocenters. The van der Waals surface area contributed by atoms with Crippen molar-refractivity contribution >= 4 is 10.9 Å². The van der Waals surface area contributed by atoms with Crippen molar-refractivity contribution in [2.24, 2.45) is 0 Å². The van der Waals surface area contributed by atoms with Crippen LogP contribution in [0.5, 0.6) is 0 Å². The molecule has 0 spiro atoms. The molecule has 0 bridgehead atoms. The van der Waals surface area contributed by atoms with Gasteiger partial charge < -0.3 is 9.88 Å². The van der Waals surface area contributed by atoms with Crippen LogP contribution >= 0.6 is 0 Å². The monoisotopic (exact) mass is 258 g/mol. The zero-order valence-corrected chi connectivity index (χ0v) is 11.3. The quantitative estimate of drug-likeness (QED) is 0.846. The van der Waals surface area contributed by atoms with Gasteiger partial charge in [-0.1, -0.05) is 12.1 Å². The number of para-hydroxylation sites is 1. The maximum atomic E-state index is 12.1. The fourth-order valence-electron chi connectivity index (χ4n) is 2.94. The number of rotatable bonds is 2. The SMILES string of the molecule is C[C@H](c1nc2ccccc2c(=O)[nH]1)[NH+]1CCCCC1. The van der Waals surface area contributed by atoms with Crippen LogP contribution in [0.15, 0.2) is 29.1 Å². The molecule has 1 aliphatic rings. The van der Waals surface area contributed by atoms with Crippen LogP contribution in [0, 0.1) is 0 Å². The summed E-state index contributed by atoms with van der Waals surface area (Å²) in [6, 6.07) is 7.79. The number of likely N-dealkylation sites (tertiary alicyclic amines) is 1. The van der Waals surface area contributed by atoms with E-state index in [0.717, 1.165) is 11.3 Å². The Kier molecular flexibility index (Phi) is 3.34. The van der Waals surface area contributed by atoms with Crippen LogP contribution in [0.4, 0.5) is 0 Å². The van der Waals surface area contributed by atoms with Gasteiger partial charge in [0.1, 0.15) is 6.04 Å². The minimum absolute atomic E-state index is 0.0242. The Bertz CT molecular complexity index is 629. The summed E-state index contributed by atoms with van der Waals surface area (Å²) >= 11 is 0. The van der Waals surface area contributed by atoms with E-state index in [4.69, 9.17) is 0 Å². The number of fused-ring (bicyclic) bond motifs is 1. The standard InChI is InChI=1S/C15H19N3O/c1-11(18-9-5-2-6-10-18)14-16-13-8-4-3-7-12(13)15(19)17-14/h3-4,7-8,11H,2,5-6,9-10H2,1H3,(H,16,17,19)/p+1/t11-/m1/s1. The maximum Gasteiger partial charge on any atom is 0.258 e. The maximum absolute atomic E-state index is 12.1. The highest BCUT2D eigenvalue weighted by Crippen LogP contribution is 2.10. The molecule has 4 nitrogen and oxygen atoms in total. The first-order valence-electron chi connectivity index (χ1n) is 7.09. The normalized spacial score (nSPS) is 18.6. The number of hydrogen-bond donors (Lipinski definition) is 2. The van der Waals surface area contributed by atoms with E-state index in [0.29, 0.717) is 5.39 Å². The Morgan fingerprint density at radius 1 is 1.21 bits per heavy atom. The predicted molar refractivity (Wildman–Crippen MR) is 75.3 cm³/mol. The van der Waals surface area contributed by atoms with Crippen molar-refractivity contribution in [2.45, 2.75) is 32.2 Å². The number of quaternary nitrogens is 1. The van der Waals surface area contributed by atoms with E-state index in [1.54, 1.807) is 0 Å². The molecular formula is C15H20N3O+. The van der Waals surface area contributed by atoms with Gasteiger partial charge in [0.15, 0.2) is 5.82 Å². The minimum Gasteiger partial charge on any atom is -0.326 e. The molecule has 3 rings (SSSR count). The van der Waals surface area contributed by atoms with E-state index in [9.17, 15) is 4.79 Å². The summed E-state index contributed by atoms with van der Waals surface area (Å²) in [6.45, 7) is 4.52. The molecule has 0 saturated carbocycles. The molecule has 2 aromatic rings. The average Bonchev–Trinajstić information content (AvgIpc) is 2.47. The molecule has 1 aromatic heterocycles. The molecule has 1 aromatic carbocycles. The van der Waals surface area contributed by atoms with E-state index >= 15 is 0 Å². The molecule has 4 heteroatoms. The van der Waals surface area contributed by atoms with Gasteiger partial charge in [-0.2, -0.15) is 0 Å². The Balaban J connectivity index is 1.98. The second kappa shape index (κ2) is 5.13. The Morgan fingerprint density at radius 2 is 1.95 bits per heavy atom. The summed E-state index contributed by atoms with van der Waals surface area (Å²) in [5, 5.41) is 0.673. The van der Waals surface area contributed by atoms with Gasteiger partial charge in [0.25, 0.3) is 5.56 Å². The van der Waals surface area contributed by atoms with Gasteiger partial charge in [0, 0.05) is 0 Å². The van der Waals surface area contributed by atoms with Crippen molar-refractivity contribution in [3.8, 4) is 0 Å². The third kappa shape index (κ3) is 2.40. The van der Waals surface area contributed by atoms with Crippen LogP contribution in [0.25, 0.3) is 10.9 Å². The van der Waals surface area contributed by atoms with Crippen molar-refractivity contribution in [1.29, 1.82) is 0 Å². The van der Waals surface area contributed by atoms with Crippen molar-refractivity contribution < 1.29 is 4.90 Å². The lowest BCUT2D eigenvalue weighted by atomic mass is 10.1. The van der Waals surface area contributed by atoms with Gasteiger partial charge in [0.05, 0.1) is 24.0 Å². The molecule has 1 saturated heterocycles. The summed E-state index contributed by atoms with van der Waals surface area (Å²) in [5.74, 6) is 0.820. The lowest BCUT2D eigenvalue weighted by molar-refractivity contribution is -0.934. The Labute approximate surface area is 112 Å². The van der Waals surface area contributed by atoms with E-state index in [1.807, 2.05) is 24.3 Å². The number of aromatic nitrogens is 2. The van der Waals surface area contributed by atoms with Crippen molar-refractivity contribution in [1.82, 2.24) is 9.97 Å². The largest absolute Gasteiger partial charge is 0.326 e. The van der Waals surface area contributed by atoms with E-state index in [-0.39, 0.29) is 11.6 Å². The number of nitrogens with one attached hydrogen (secondary N) is 2. The third-order valence-corrected chi connectivity index (χ3v) is 4.15. The summed E-state index contributed by atoms with van der Waals surface area (Å²) < 4.78 is 0. The second-order valence-electron chi connectivity index (χ2n) is 5.41. The van der Waals surface area contributed by atoms with Gasteiger partial charge in [-0.15, -0.1) is 0 Å². The highest BCUT2D eigenvalue weighted by molar-refractivity contribution is 5.77. The molecule has 100 valence electrons. The number of benzene rings is 1. The molecule has 2 N–H and O–H groups in total. The number of aromatic amines is 1. The smallest absolute Gasteiger partial charge is 0.258 e. The molecular weight excluding hydrogens is 238 g/mol. The summed E-state index contributed by atoms with van der Waals surface area (Å²) in [5.41, 5.74) is 0.772. The fourth-order valence-corrected chi connectivity index (χ4v) is 2.94. The molecule has 1 fully saturated rings. The summed E-state index contributed by atoms with van der Waals surface area (Å²) in [4.78, 5) is 21.2. The van der Waals surface area contributed by atoms with Crippen LogP contribution in [-0.4, -0.2) is 23.1 Å². The highest BCUT2D eigenvalue weighted by Gasteiger charge is 2.24. The van der Waals surface area contributed by atoms with Crippen LogP contribution in [0.1, 0.15) is 38.1 Å². The first-order chi connectivity index (χ1) is 9.25. The average molecular weight is 258 g/mol. The molecule has 0 aliphatic carbocycles. The van der Waals surface area contributed by atoms with Gasteiger partial charge in [-0.05, 0) is 38.3 Å². The second-order valence-corrected chi connectivity index (χ2v) is 5.41. The zero-order valence-electron chi connectivity index (χ0n) is 11.3. The van der Waals surface area contributed by atoms with Gasteiger partial charge in [-0.25, -0.2) is 4.98 Å². The van der Waals surface area contributed by atoms with Gasteiger partial charge >= 0.3 is 0 Å². The molecule has 1 aliphatic heterocycles. The molecule has 1 atom stereocenters. The Morgan fingerprint density at radius 3 is 2.74 bits per heavy atom. The predicted octanol–water partition coefficient (Wildman–Crippen LogP) is 1.05. The topological polar surface area (TPSA) is 50.2 Å². The van der Waals surface area contributed by atoms with Crippen molar-refractivity contribution in [3.63, 3.8) is 0 Å². The lowest BCUT2D eigenvalue weighted by Gasteiger charge is -2.28. The molecule has 0 amide bonds. The molecule has 0 radical (unpaired) electrons. The van der Waals surface area contributed by atoms with Crippen LogP contribution < -0.4 is 10.5 Å². The lowest BCUT2D eigenvalue weighted by Crippen LogP contribution is -3.12. The van der Waals surface area contributed by atoms with Crippen LogP contribution in [-0.2, 0) is 0 Å². The first kappa shape index (κ1) is 12.4. The van der Waals surface area contributed by atoms with E-state index < -0.39 is 0 Å². The molecule has 2 heterocycles. The van der Waals surface area contributed by atoms with E-state index in [2.05, 4.69) is 16.9 Å². The summed E-state index contributed by atoms with van der Waals surface area (Å²) in [6.07, 6.45) is 3.88. The van der Waals surface area contributed by atoms with Crippen LogP contribution in [0.3, 0.4) is 0 Å². The number of nitrogens with zero attached hydrogens (tertiary/aromatic N) is 1.